The van der Waals surface area contributed by atoms with Gasteiger partial charge in [-0.15, -0.1) is 0 Å². The number of amidine groups is 2. The molecule has 5 heteroatoms. The van der Waals surface area contributed by atoms with E-state index in [0.717, 1.165) is 61.8 Å². The summed E-state index contributed by atoms with van der Waals surface area (Å²) in [6.45, 7) is 3.83. The first kappa shape index (κ1) is 18.7. The molecule has 2 N–H and O–H groups in total. The molecular weight excluding hydrogens is 370 g/mol. The lowest BCUT2D eigenvalue weighted by Crippen LogP contribution is -2.30. The van der Waals surface area contributed by atoms with Crippen LogP contribution >= 0.6 is 0 Å². The fourth-order valence-corrected chi connectivity index (χ4v) is 4.14. The molecule has 0 unspecified atom stereocenters. The molecule has 2 aliphatic rings. The van der Waals surface area contributed by atoms with Crippen LogP contribution in [-0.2, 0) is 7.05 Å². The van der Waals surface area contributed by atoms with Gasteiger partial charge in [0.05, 0.1) is 0 Å². The number of nitrogens with zero attached hydrogens (tertiary/aromatic N) is 3. The van der Waals surface area contributed by atoms with Crippen LogP contribution < -0.4 is 10.6 Å². The van der Waals surface area contributed by atoms with Gasteiger partial charge >= 0.3 is 0 Å². The molecule has 0 saturated heterocycles. The van der Waals surface area contributed by atoms with E-state index in [4.69, 9.17) is 0 Å². The Kier molecular flexibility index (Phi) is 5.10. The van der Waals surface area contributed by atoms with E-state index >= 15 is 0 Å². The van der Waals surface area contributed by atoms with Crippen molar-refractivity contribution in [1.82, 2.24) is 15.2 Å². The number of hydrogen-bond donors (Lipinski definition) is 2. The molecular formula is C25H27N5. The van der Waals surface area contributed by atoms with Gasteiger partial charge in [0.15, 0.2) is 0 Å². The minimum Gasteiger partial charge on any atom is -0.370 e. The highest BCUT2D eigenvalue weighted by Crippen LogP contribution is 2.28. The fraction of sp³-hybridized carbons (Fsp3) is 0.280. The quantitative estimate of drug-likeness (QED) is 0.703. The van der Waals surface area contributed by atoms with Crippen LogP contribution in [0.25, 0.3) is 22.5 Å². The highest BCUT2D eigenvalue weighted by Gasteiger charge is 2.12. The third-order valence-electron chi connectivity index (χ3n) is 5.82. The minimum atomic E-state index is 0.910. The van der Waals surface area contributed by atoms with E-state index in [-0.39, 0.29) is 0 Å². The molecule has 0 spiro atoms. The number of aromatic nitrogens is 1. The lowest BCUT2D eigenvalue weighted by atomic mass is 10.1. The molecule has 5 rings (SSSR count). The highest BCUT2D eigenvalue weighted by atomic mass is 15.0. The highest BCUT2D eigenvalue weighted by molar-refractivity contribution is 6.00. The van der Waals surface area contributed by atoms with E-state index in [1.165, 1.54) is 22.5 Å². The molecule has 2 aromatic carbocycles. The Morgan fingerprint density at radius 2 is 1.00 bits per heavy atom. The third-order valence-corrected chi connectivity index (χ3v) is 5.82. The van der Waals surface area contributed by atoms with Gasteiger partial charge in [-0.2, -0.15) is 0 Å². The van der Waals surface area contributed by atoms with Gasteiger partial charge < -0.3 is 15.2 Å². The molecule has 3 aromatic rings. The summed E-state index contributed by atoms with van der Waals surface area (Å²) in [5, 5.41) is 6.78. The zero-order valence-electron chi connectivity index (χ0n) is 17.4. The summed E-state index contributed by atoms with van der Waals surface area (Å²) in [4.78, 5) is 9.18. The average Bonchev–Trinajstić information content (AvgIpc) is 3.22. The summed E-state index contributed by atoms with van der Waals surface area (Å²) in [7, 11) is 2.13. The van der Waals surface area contributed by atoms with Crippen molar-refractivity contribution >= 4 is 11.7 Å². The second-order valence-electron chi connectivity index (χ2n) is 7.84. The van der Waals surface area contributed by atoms with Crippen molar-refractivity contribution in [1.29, 1.82) is 0 Å². The smallest absolute Gasteiger partial charge is 0.128 e. The van der Waals surface area contributed by atoms with Crippen molar-refractivity contribution in [3.8, 4) is 22.5 Å². The van der Waals surface area contributed by atoms with E-state index in [9.17, 15) is 0 Å². The molecule has 1 aromatic heterocycles. The Balaban J connectivity index is 1.38. The van der Waals surface area contributed by atoms with Crippen LogP contribution in [0.5, 0.6) is 0 Å². The average molecular weight is 398 g/mol. The van der Waals surface area contributed by atoms with Crippen molar-refractivity contribution < 1.29 is 0 Å². The van der Waals surface area contributed by atoms with Crippen LogP contribution in [0.2, 0.25) is 0 Å². The predicted octanol–water partition coefficient (Wildman–Crippen LogP) is 3.84. The summed E-state index contributed by atoms with van der Waals surface area (Å²) in [6.07, 6.45) is 2.22. The minimum absolute atomic E-state index is 0.910. The third kappa shape index (κ3) is 3.63. The maximum atomic E-state index is 4.59. The molecule has 0 atom stereocenters. The van der Waals surface area contributed by atoms with Crippen LogP contribution in [0.4, 0.5) is 0 Å². The second-order valence-corrected chi connectivity index (χ2v) is 7.84. The van der Waals surface area contributed by atoms with Crippen molar-refractivity contribution in [2.45, 2.75) is 12.8 Å². The molecule has 0 fully saturated rings. The van der Waals surface area contributed by atoms with Gasteiger partial charge in [-0.05, 0) is 36.1 Å². The molecule has 0 aliphatic carbocycles. The second kappa shape index (κ2) is 8.19. The molecule has 0 amide bonds. The van der Waals surface area contributed by atoms with Crippen LogP contribution in [0, 0.1) is 0 Å². The largest absolute Gasteiger partial charge is 0.370 e. The summed E-state index contributed by atoms with van der Waals surface area (Å²) in [6, 6.07) is 21.8. The molecule has 0 saturated carbocycles. The van der Waals surface area contributed by atoms with Gasteiger partial charge in [0, 0.05) is 55.7 Å². The maximum absolute atomic E-state index is 4.59. The van der Waals surface area contributed by atoms with Gasteiger partial charge in [0.2, 0.25) is 0 Å². The van der Waals surface area contributed by atoms with E-state index in [0.29, 0.717) is 0 Å². The van der Waals surface area contributed by atoms with Crippen molar-refractivity contribution in [3.63, 3.8) is 0 Å². The number of nitrogens with one attached hydrogen (secondary N) is 2. The summed E-state index contributed by atoms with van der Waals surface area (Å²) >= 11 is 0. The molecule has 2 aliphatic heterocycles. The van der Waals surface area contributed by atoms with Crippen molar-refractivity contribution in [3.05, 3.63) is 71.8 Å². The van der Waals surface area contributed by atoms with Crippen LogP contribution in [0.1, 0.15) is 24.0 Å². The summed E-state index contributed by atoms with van der Waals surface area (Å²) in [5.74, 6) is 2.02. The first-order chi connectivity index (χ1) is 14.8. The van der Waals surface area contributed by atoms with Gasteiger partial charge in [-0.1, -0.05) is 48.5 Å². The Bertz CT molecular complexity index is 1000. The number of hydrogen-bond acceptors (Lipinski definition) is 4. The molecule has 0 radical (unpaired) electrons. The summed E-state index contributed by atoms with van der Waals surface area (Å²) < 4.78 is 2.26. The lowest BCUT2D eigenvalue weighted by Gasteiger charge is -2.15. The van der Waals surface area contributed by atoms with Gasteiger partial charge in [-0.3, -0.25) is 9.98 Å². The Morgan fingerprint density at radius 3 is 1.37 bits per heavy atom. The lowest BCUT2D eigenvalue weighted by molar-refractivity contribution is 0.742. The molecule has 0 bridgehead atoms. The SMILES string of the molecule is Cn1c(-c2ccc(C3=NCCCN3)cc2)ccc1-c1ccc(C2=NCCCN2)cc1. The number of benzene rings is 2. The van der Waals surface area contributed by atoms with Gasteiger partial charge in [0.1, 0.15) is 11.7 Å². The molecule has 152 valence electrons. The molecule has 30 heavy (non-hydrogen) atoms. The summed E-state index contributed by atoms with van der Waals surface area (Å²) in [5.41, 5.74) is 7.14. The van der Waals surface area contributed by atoms with Crippen LogP contribution in [0.3, 0.4) is 0 Å². The first-order valence-corrected chi connectivity index (χ1v) is 10.7. The molecule has 3 heterocycles. The zero-order valence-corrected chi connectivity index (χ0v) is 17.4. The standard InChI is InChI=1S/C25H27N5/c1-30-22(18-4-8-20(9-5-18)24-26-14-2-15-27-24)12-13-23(30)19-6-10-21(11-7-19)25-28-16-3-17-29-25/h4-13H,2-3,14-17H2,1H3,(H,26,27)(H,28,29). The van der Waals surface area contributed by atoms with E-state index < -0.39 is 0 Å². The fourth-order valence-electron chi connectivity index (χ4n) is 4.14. The monoisotopic (exact) mass is 397 g/mol. The van der Waals surface area contributed by atoms with Gasteiger partial charge in [0.25, 0.3) is 0 Å². The zero-order chi connectivity index (χ0) is 20.3. The van der Waals surface area contributed by atoms with Crippen molar-refractivity contribution in [2.24, 2.45) is 17.0 Å². The Hall–Kier alpha value is -3.34. The first-order valence-electron chi connectivity index (χ1n) is 10.7. The van der Waals surface area contributed by atoms with Gasteiger partial charge in [-0.25, -0.2) is 0 Å². The predicted molar refractivity (Wildman–Crippen MR) is 124 cm³/mol. The van der Waals surface area contributed by atoms with Crippen LogP contribution in [-0.4, -0.2) is 42.4 Å². The number of rotatable bonds is 4. The number of aliphatic imine (C=N–C) groups is 2. The van der Waals surface area contributed by atoms with E-state index in [1.54, 1.807) is 0 Å². The topological polar surface area (TPSA) is 53.7 Å². The Labute approximate surface area is 177 Å². The van der Waals surface area contributed by atoms with E-state index in [2.05, 4.69) is 92.9 Å². The maximum Gasteiger partial charge on any atom is 0.128 e. The normalized spacial score (nSPS) is 16.3. The Morgan fingerprint density at radius 1 is 0.600 bits per heavy atom. The van der Waals surface area contributed by atoms with Crippen molar-refractivity contribution in [2.75, 3.05) is 26.2 Å². The van der Waals surface area contributed by atoms with Crippen LogP contribution in [0.15, 0.2) is 70.6 Å². The molecule has 5 nitrogen and oxygen atoms in total. The van der Waals surface area contributed by atoms with E-state index in [1.807, 2.05) is 0 Å².